The van der Waals surface area contributed by atoms with E-state index in [9.17, 15) is 17.6 Å². The normalized spacial score (nSPS) is 11.0. The molecule has 0 saturated heterocycles. The smallest absolute Gasteiger partial charge is 0.258 e. The topological polar surface area (TPSA) is 75.3 Å². The zero-order valence-corrected chi connectivity index (χ0v) is 13.4. The molecule has 0 radical (unpaired) electrons. The van der Waals surface area contributed by atoms with Crippen molar-refractivity contribution in [2.24, 2.45) is 0 Å². The van der Waals surface area contributed by atoms with Gasteiger partial charge in [-0.1, -0.05) is 25.1 Å². The Labute approximate surface area is 134 Å². The summed E-state index contributed by atoms with van der Waals surface area (Å²) in [4.78, 5) is 12.0. The molecule has 0 saturated carbocycles. The molecule has 23 heavy (non-hydrogen) atoms. The van der Waals surface area contributed by atoms with E-state index in [-0.39, 0.29) is 11.3 Å². The maximum absolute atomic E-state index is 13.6. The van der Waals surface area contributed by atoms with E-state index in [1.165, 1.54) is 24.3 Å². The largest absolute Gasteiger partial charge is 0.322 e. The van der Waals surface area contributed by atoms with Crippen molar-refractivity contribution in [1.82, 2.24) is 0 Å². The molecule has 0 aliphatic heterocycles. The SMILES string of the molecule is CCCS(=O)(=O)Nc1cccc(NC(=O)c2ccccc2F)c1. The van der Waals surface area contributed by atoms with Crippen LogP contribution in [-0.4, -0.2) is 20.1 Å². The molecule has 0 aliphatic rings. The number of hydrogen-bond donors (Lipinski definition) is 2. The number of halogens is 1. The van der Waals surface area contributed by atoms with Crippen LogP contribution in [0.25, 0.3) is 0 Å². The fourth-order valence-electron chi connectivity index (χ4n) is 2.00. The van der Waals surface area contributed by atoms with Crippen LogP contribution >= 0.6 is 0 Å². The van der Waals surface area contributed by atoms with E-state index < -0.39 is 21.7 Å². The number of anilines is 2. The summed E-state index contributed by atoms with van der Waals surface area (Å²) in [5.41, 5.74) is 0.629. The van der Waals surface area contributed by atoms with Crippen LogP contribution in [0.3, 0.4) is 0 Å². The zero-order valence-electron chi connectivity index (χ0n) is 12.5. The van der Waals surface area contributed by atoms with Crippen molar-refractivity contribution in [1.29, 1.82) is 0 Å². The quantitative estimate of drug-likeness (QED) is 0.850. The molecule has 0 unspecified atom stereocenters. The Morgan fingerprint density at radius 2 is 1.78 bits per heavy atom. The fraction of sp³-hybridized carbons (Fsp3) is 0.188. The maximum atomic E-state index is 13.6. The number of sulfonamides is 1. The van der Waals surface area contributed by atoms with Crippen molar-refractivity contribution >= 4 is 27.3 Å². The van der Waals surface area contributed by atoms with Gasteiger partial charge in [0.15, 0.2) is 0 Å². The van der Waals surface area contributed by atoms with Crippen LogP contribution in [0.2, 0.25) is 0 Å². The third-order valence-electron chi connectivity index (χ3n) is 2.99. The molecule has 2 aromatic rings. The molecule has 0 aliphatic carbocycles. The summed E-state index contributed by atoms with van der Waals surface area (Å²) in [6, 6.07) is 11.9. The Hall–Kier alpha value is -2.41. The molecule has 0 fully saturated rings. The van der Waals surface area contributed by atoms with Crippen molar-refractivity contribution in [3.63, 3.8) is 0 Å². The molecule has 5 nitrogen and oxygen atoms in total. The molecule has 0 bridgehead atoms. The van der Waals surface area contributed by atoms with Gasteiger partial charge in [0.2, 0.25) is 10.0 Å². The first-order chi connectivity index (χ1) is 10.9. The van der Waals surface area contributed by atoms with Crippen LogP contribution < -0.4 is 10.0 Å². The molecule has 1 amide bonds. The second-order valence-corrected chi connectivity index (χ2v) is 6.78. The first-order valence-electron chi connectivity index (χ1n) is 7.08. The van der Waals surface area contributed by atoms with Gasteiger partial charge in [-0.3, -0.25) is 9.52 Å². The van der Waals surface area contributed by atoms with Crippen LogP contribution in [0, 0.1) is 5.82 Å². The van der Waals surface area contributed by atoms with Gasteiger partial charge in [0.05, 0.1) is 17.0 Å². The molecule has 2 N–H and O–H groups in total. The fourth-order valence-corrected chi connectivity index (χ4v) is 3.13. The van der Waals surface area contributed by atoms with Gasteiger partial charge in [-0.25, -0.2) is 12.8 Å². The molecule has 0 spiro atoms. The molecule has 7 heteroatoms. The van der Waals surface area contributed by atoms with Crippen LogP contribution in [0.15, 0.2) is 48.5 Å². The lowest BCUT2D eigenvalue weighted by Crippen LogP contribution is -2.17. The lowest BCUT2D eigenvalue weighted by Gasteiger charge is -2.10. The van der Waals surface area contributed by atoms with Crippen molar-refractivity contribution in [2.75, 3.05) is 15.8 Å². The summed E-state index contributed by atoms with van der Waals surface area (Å²) in [5.74, 6) is -1.21. The standard InChI is InChI=1S/C16H17FN2O3S/c1-2-10-23(21,22)19-13-7-5-6-12(11-13)18-16(20)14-8-3-4-9-15(14)17/h3-9,11,19H,2,10H2,1H3,(H,18,20). The summed E-state index contributed by atoms with van der Waals surface area (Å²) in [6.07, 6.45) is 0.499. The molecule has 0 atom stereocenters. The van der Waals surface area contributed by atoms with Gasteiger partial charge >= 0.3 is 0 Å². The van der Waals surface area contributed by atoms with Crippen LogP contribution in [0.4, 0.5) is 15.8 Å². The summed E-state index contributed by atoms with van der Waals surface area (Å²) < 4.78 is 39.5. The van der Waals surface area contributed by atoms with E-state index in [1.54, 1.807) is 31.2 Å². The third-order valence-corrected chi connectivity index (χ3v) is 4.48. The molecule has 2 aromatic carbocycles. The summed E-state index contributed by atoms with van der Waals surface area (Å²) in [6.45, 7) is 1.77. The number of hydrogen-bond acceptors (Lipinski definition) is 3. The predicted molar refractivity (Wildman–Crippen MR) is 88.5 cm³/mol. The van der Waals surface area contributed by atoms with Gasteiger partial charge < -0.3 is 5.32 Å². The monoisotopic (exact) mass is 336 g/mol. The number of carbonyl (C=O) groups excluding carboxylic acids is 1. The molecular weight excluding hydrogens is 319 g/mol. The highest BCUT2D eigenvalue weighted by Gasteiger charge is 2.12. The molecule has 0 aromatic heterocycles. The molecule has 122 valence electrons. The Bertz CT molecular complexity index is 806. The van der Waals surface area contributed by atoms with Crippen LogP contribution in [-0.2, 0) is 10.0 Å². The van der Waals surface area contributed by atoms with Gasteiger partial charge in [0, 0.05) is 5.69 Å². The van der Waals surface area contributed by atoms with Gasteiger partial charge in [0.25, 0.3) is 5.91 Å². The van der Waals surface area contributed by atoms with Crippen molar-refractivity contribution in [2.45, 2.75) is 13.3 Å². The van der Waals surface area contributed by atoms with E-state index >= 15 is 0 Å². The number of nitrogens with one attached hydrogen (secondary N) is 2. The van der Waals surface area contributed by atoms with E-state index in [2.05, 4.69) is 10.0 Å². The first-order valence-corrected chi connectivity index (χ1v) is 8.73. The predicted octanol–water partition coefficient (Wildman–Crippen LogP) is 3.23. The zero-order chi connectivity index (χ0) is 16.9. The highest BCUT2D eigenvalue weighted by molar-refractivity contribution is 7.92. The Morgan fingerprint density at radius 1 is 1.09 bits per heavy atom. The lowest BCUT2D eigenvalue weighted by atomic mass is 10.2. The minimum atomic E-state index is -3.41. The van der Waals surface area contributed by atoms with E-state index in [0.29, 0.717) is 17.8 Å². The average molecular weight is 336 g/mol. The van der Waals surface area contributed by atoms with Gasteiger partial charge in [-0.2, -0.15) is 0 Å². The highest BCUT2D eigenvalue weighted by Crippen LogP contribution is 2.18. The van der Waals surface area contributed by atoms with E-state index in [0.717, 1.165) is 0 Å². The van der Waals surface area contributed by atoms with Crippen LogP contribution in [0.1, 0.15) is 23.7 Å². The second kappa shape index (κ2) is 7.23. The first kappa shape index (κ1) is 17.0. The van der Waals surface area contributed by atoms with Gasteiger partial charge in [0.1, 0.15) is 5.82 Å². The van der Waals surface area contributed by atoms with Crippen LogP contribution in [0.5, 0.6) is 0 Å². The van der Waals surface area contributed by atoms with Crippen molar-refractivity contribution in [3.8, 4) is 0 Å². The Balaban J connectivity index is 2.14. The second-order valence-electron chi connectivity index (χ2n) is 4.94. The Morgan fingerprint density at radius 3 is 2.48 bits per heavy atom. The minimum Gasteiger partial charge on any atom is -0.322 e. The summed E-state index contributed by atoms with van der Waals surface area (Å²) in [7, 11) is -3.41. The van der Waals surface area contributed by atoms with Crippen molar-refractivity contribution in [3.05, 3.63) is 59.9 Å². The number of amides is 1. The number of benzene rings is 2. The number of carbonyl (C=O) groups is 1. The van der Waals surface area contributed by atoms with E-state index in [1.807, 2.05) is 0 Å². The summed E-state index contributed by atoms with van der Waals surface area (Å²) in [5, 5.41) is 2.54. The average Bonchev–Trinajstić information content (AvgIpc) is 2.47. The van der Waals surface area contributed by atoms with Gasteiger partial charge in [-0.15, -0.1) is 0 Å². The summed E-state index contributed by atoms with van der Waals surface area (Å²) >= 11 is 0. The molecular formula is C16H17FN2O3S. The van der Waals surface area contributed by atoms with Crippen molar-refractivity contribution < 1.29 is 17.6 Å². The Kier molecular flexibility index (Phi) is 5.33. The van der Waals surface area contributed by atoms with E-state index in [4.69, 9.17) is 0 Å². The third kappa shape index (κ3) is 4.79. The molecule has 0 heterocycles. The highest BCUT2D eigenvalue weighted by atomic mass is 32.2. The van der Waals surface area contributed by atoms with Gasteiger partial charge in [-0.05, 0) is 36.8 Å². The number of rotatable bonds is 6. The molecule has 2 rings (SSSR count). The minimum absolute atomic E-state index is 0.0127. The lowest BCUT2D eigenvalue weighted by molar-refractivity contribution is 0.102. The maximum Gasteiger partial charge on any atom is 0.258 e.